The third-order valence-corrected chi connectivity index (χ3v) is 3.06. The quantitative estimate of drug-likeness (QED) is 0.606. The van der Waals surface area contributed by atoms with Crippen molar-refractivity contribution in [3.8, 4) is 0 Å². The standard InChI is InChI=1S/C11H20N2O5/c1-18-6-4-9(10(15)16)12-11(17)13-5-2-3-8(13)7-14/h8-9,14H,2-7H2,1H3,(H,12,17)(H,15,16). The number of hydrogen-bond acceptors (Lipinski definition) is 4. The molecule has 0 spiro atoms. The number of carboxylic acids is 1. The lowest BCUT2D eigenvalue weighted by Crippen LogP contribution is -2.50. The third-order valence-electron chi connectivity index (χ3n) is 3.06. The van der Waals surface area contributed by atoms with Crippen LogP contribution in [0.25, 0.3) is 0 Å². The van der Waals surface area contributed by atoms with Gasteiger partial charge in [0.25, 0.3) is 0 Å². The van der Waals surface area contributed by atoms with E-state index < -0.39 is 18.0 Å². The highest BCUT2D eigenvalue weighted by Crippen LogP contribution is 2.16. The fraction of sp³-hybridized carbons (Fsp3) is 0.818. The summed E-state index contributed by atoms with van der Waals surface area (Å²) >= 11 is 0. The van der Waals surface area contributed by atoms with E-state index in [1.165, 1.54) is 12.0 Å². The molecule has 0 aromatic rings. The molecule has 0 aromatic carbocycles. The van der Waals surface area contributed by atoms with Crippen LogP contribution < -0.4 is 5.32 Å². The van der Waals surface area contributed by atoms with Crippen molar-refractivity contribution in [1.82, 2.24) is 10.2 Å². The smallest absolute Gasteiger partial charge is 0.326 e. The van der Waals surface area contributed by atoms with Crippen LogP contribution in [0.3, 0.4) is 0 Å². The van der Waals surface area contributed by atoms with Gasteiger partial charge in [-0.15, -0.1) is 0 Å². The van der Waals surface area contributed by atoms with Crippen molar-refractivity contribution in [3.05, 3.63) is 0 Å². The number of amides is 2. The zero-order valence-electron chi connectivity index (χ0n) is 10.5. The van der Waals surface area contributed by atoms with Crippen LogP contribution in [0.15, 0.2) is 0 Å². The van der Waals surface area contributed by atoms with Gasteiger partial charge in [0.2, 0.25) is 0 Å². The highest BCUT2D eigenvalue weighted by Gasteiger charge is 2.30. The average molecular weight is 260 g/mol. The van der Waals surface area contributed by atoms with Gasteiger partial charge in [0.05, 0.1) is 12.6 Å². The first-order valence-electron chi connectivity index (χ1n) is 6.00. The molecule has 2 amide bonds. The number of hydrogen-bond donors (Lipinski definition) is 3. The third kappa shape index (κ3) is 3.85. The molecule has 1 fully saturated rings. The van der Waals surface area contributed by atoms with Crippen molar-refractivity contribution in [1.29, 1.82) is 0 Å². The Bertz CT molecular complexity index is 297. The van der Waals surface area contributed by atoms with Crippen LogP contribution in [-0.2, 0) is 9.53 Å². The van der Waals surface area contributed by atoms with E-state index in [9.17, 15) is 9.59 Å². The molecule has 7 heteroatoms. The summed E-state index contributed by atoms with van der Waals surface area (Å²) in [6.07, 6.45) is 1.80. The maximum absolute atomic E-state index is 11.9. The van der Waals surface area contributed by atoms with Crippen LogP contribution in [0.4, 0.5) is 4.79 Å². The van der Waals surface area contributed by atoms with Crippen LogP contribution in [0.5, 0.6) is 0 Å². The summed E-state index contributed by atoms with van der Waals surface area (Å²) < 4.78 is 4.80. The van der Waals surface area contributed by atoms with Gasteiger partial charge in [-0.1, -0.05) is 0 Å². The average Bonchev–Trinajstić information content (AvgIpc) is 2.82. The fourth-order valence-electron chi connectivity index (χ4n) is 2.02. The maximum Gasteiger partial charge on any atom is 0.326 e. The van der Waals surface area contributed by atoms with Crippen molar-refractivity contribution < 1.29 is 24.5 Å². The molecule has 0 bridgehead atoms. The molecule has 104 valence electrons. The molecule has 3 N–H and O–H groups in total. The van der Waals surface area contributed by atoms with Crippen molar-refractivity contribution in [2.24, 2.45) is 0 Å². The van der Waals surface area contributed by atoms with Gasteiger partial charge >= 0.3 is 12.0 Å². The highest BCUT2D eigenvalue weighted by atomic mass is 16.5. The predicted molar refractivity (Wildman–Crippen MR) is 63.3 cm³/mol. The highest BCUT2D eigenvalue weighted by molar-refractivity contribution is 5.82. The molecule has 2 atom stereocenters. The second-order valence-corrected chi connectivity index (χ2v) is 4.29. The molecule has 1 aliphatic heterocycles. The molecule has 0 saturated carbocycles. The van der Waals surface area contributed by atoms with E-state index in [0.717, 1.165) is 12.8 Å². The number of carbonyl (C=O) groups is 2. The number of aliphatic carboxylic acids is 1. The minimum absolute atomic E-state index is 0.0940. The Morgan fingerprint density at radius 2 is 2.28 bits per heavy atom. The predicted octanol–water partition coefficient (Wildman–Crippen LogP) is -0.358. The zero-order valence-corrected chi connectivity index (χ0v) is 10.5. The Balaban J connectivity index is 2.52. The molecule has 1 saturated heterocycles. The zero-order chi connectivity index (χ0) is 13.5. The number of nitrogens with one attached hydrogen (secondary N) is 1. The summed E-state index contributed by atoms with van der Waals surface area (Å²) in [7, 11) is 1.48. The van der Waals surface area contributed by atoms with Crippen molar-refractivity contribution in [2.75, 3.05) is 26.9 Å². The molecule has 0 radical (unpaired) electrons. The number of nitrogens with zero attached hydrogens (tertiary/aromatic N) is 1. The number of aliphatic hydroxyl groups excluding tert-OH is 1. The molecular weight excluding hydrogens is 240 g/mol. The molecule has 0 aliphatic carbocycles. The van der Waals surface area contributed by atoms with Crippen LogP contribution in [0, 0.1) is 0 Å². The van der Waals surface area contributed by atoms with E-state index in [4.69, 9.17) is 14.9 Å². The van der Waals surface area contributed by atoms with Gasteiger partial charge in [-0.2, -0.15) is 0 Å². The van der Waals surface area contributed by atoms with Gasteiger partial charge in [0.1, 0.15) is 6.04 Å². The Morgan fingerprint density at radius 3 is 2.83 bits per heavy atom. The minimum atomic E-state index is -1.08. The number of aliphatic hydroxyl groups is 1. The molecule has 1 aliphatic rings. The van der Waals surface area contributed by atoms with Gasteiger partial charge in [0, 0.05) is 26.7 Å². The number of likely N-dealkylation sites (tertiary alicyclic amines) is 1. The molecule has 2 unspecified atom stereocenters. The lowest BCUT2D eigenvalue weighted by molar-refractivity contribution is -0.139. The molecular formula is C11H20N2O5. The Kier molecular flexibility index (Phi) is 5.87. The number of urea groups is 1. The SMILES string of the molecule is COCCC(NC(=O)N1CCCC1CO)C(=O)O. The van der Waals surface area contributed by atoms with Crippen LogP contribution in [0.1, 0.15) is 19.3 Å². The van der Waals surface area contributed by atoms with Gasteiger partial charge in [-0.25, -0.2) is 9.59 Å². The molecule has 7 nitrogen and oxygen atoms in total. The van der Waals surface area contributed by atoms with Crippen LogP contribution in [0.2, 0.25) is 0 Å². The number of carboxylic acid groups (broad SMARTS) is 1. The van der Waals surface area contributed by atoms with E-state index in [-0.39, 0.29) is 25.7 Å². The summed E-state index contributed by atoms with van der Waals surface area (Å²) in [6, 6.07) is -1.60. The normalized spacial score (nSPS) is 20.8. The summed E-state index contributed by atoms with van der Waals surface area (Å²) in [6.45, 7) is 0.720. The second-order valence-electron chi connectivity index (χ2n) is 4.29. The van der Waals surface area contributed by atoms with Crippen molar-refractivity contribution >= 4 is 12.0 Å². The number of methoxy groups -OCH3 is 1. The van der Waals surface area contributed by atoms with E-state index in [1.54, 1.807) is 0 Å². The van der Waals surface area contributed by atoms with Crippen molar-refractivity contribution in [2.45, 2.75) is 31.3 Å². The first-order chi connectivity index (χ1) is 8.60. The van der Waals surface area contributed by atoms with E-state index in [0.29, 0.717) is 6.54 Å². The topological polar surface area (TPSA) is 99.1 Å². The monoisotopic (exact) mass is 260 g/mol. The lowest BCUT2D eigenvalue weighted by Gasteiger charge is -2.25. The summed E-state index contributed by atoms with van der Waals surface area (Å²) in [5.41, 5.74) is 0. The van der Waals surface area contributed by atoms with Crippen LogP contribution in [-0.4, -0.2) is 66.1 Å². The number of carbonyl (C=O) groups excluding carboxylic acids is 1. The number of rotatable bonds is 6. The first-order valence-corrected chi connectivity index (χ1v) is 6.00. The minimum Gasteiger partial charge on any atom is -0.480 e. The fourth-order valence-corrected chi connectivity index (χ4v) is 2.02. The summed E-state index contributed by atoms with van der Waals surface area (Å²) in [5.74, 6) is -1.08. The second kappa shape index (κ2) is 7.17. The van der Waals surface area contributed by atoms with E-state index >= 15 is 0 Å². The molecule has 0 aromatic heterocycles. The van der Waals surface area contributed by atoms with E-state index in [1.807, 2.05) is 0 Å². The molecule has 1 rings (SSSR count). The maximum atomic E-state index is 11.9. The van der Waals surface area contributed by atoms with Crippen molar-refractivity contribution in [3.63, 3.8) is 0 Å². The Hall–Kier alpha value is -1.34. The first kappa shape index (κ1) is 14.7. The van der Waals surface area contributed by atoms with Gasteiger partial charge in [-0.3, -0.25) is 0 Å². The molecule has 1 heterocycles. The van der Waals surface area contributed by atoms with E-state index in [2.05, 4.69) is 5.32 Å². The Morgan fingerprint density at radius 1 is 1.56 bits per heavy atom. The van der Waals surface area contributed by atoms with Gasteiger partial charge < -0.3 is 25.2 Å². The molecule has 18 heavy (non-hydrogen) atoms. The summed E-state index contributed by atoms with van der Waals surface area (Å²) in [4.78, 5) is 24.3. The Labute approximate surface area is 106 Å². The summed E-state index contributed by atoms with van der Waals surface area (Å²) in [5, 5.41) is 20.5. The number of ether oxygens (including phenoxy) is 1. The van der Waals surface area contributed by atoms with Crippen LogP contribution >= 0.6 is 0 Å². The van der Waals surface area contributed by atoms with Gasteiger partial charge in [-0.05, 0) is 12.8 Å². The lowest BCUT2D eigenvalue weighted by atomic mass is 10.2. The largest absolute Gasteiger partial charge is 0.480 e. The van der Waals surface area contributed by atoms with Gasteiger partial charge in [0.15, 0.2) is 0 Å².